The molecule has 0 fully saturated rings. The predicted octanol–water partition coefficient (Wildman–Crippen LogP) is 2.60. The van der Waals surface area contributed by atoms with E-state index in [1.165, 1.54) is 0 Å². The van der Waals surface area contributed by atoms with Crippen molar-refractivity contribution in [2.45, 2.75) is 13.3 Å². The van der Waals surface area contributed by atoms with Gasteiger partial charge in [-0.2, -0.15) is 11.8 Å². The van der Waals surface area contributed by atoms with Gasteiger partial charge in [0.25, 0.3) is 5.91 Å². The van der Waals surface area contributed by atoms with Crippen LogP contribution in [0.4, 0.5) is 5.69 Å². The molecular weight excluding hydrogens is 232 g/mol. The fourth-order valence-corrected chi connectivity index (χ4v) is 1.68. The number of carbonyl (C=O) groups excluding carboxylic acids is 1. The molecule has 1 aromatic carbocycles. The van der Waals surface area contributed by atoms with E-state index in [1.54, 1.807) is 11.8 Å². The molecule has 94 valence electrons. The lowest BCUT2D eigenvalue weighted by atomic mass is 10.2. The Balaban J connectivity index is 2.46. The van der Waals surface area contributed by atoms with Crippen molar-refractivity contribution in [2.75, 3.05) is 30.4 Å². The molecule has 0 heterocycles. The average molecular weight is 252 g/mol. The van der Waals surface area contributed by atoms with E-state index in [0.717, 1.165) is 31.0 Å². The summed E-state index contributed by atoms with van der Waals surface area (Å²) < 4.78 is 0. The molecule has 1 rings (SSSR count). The highest BCUT2D eigenvalue weighted by atomic mass is 32.2. The monoisotopic (exact) mass is 252 g/mol. The Morgan fingerprint density at radius 2 is 1.94 bits per heavy atom. The van der Waals surface area contributed by atoms with Crippen LogP contribution in [0.3, 0.4) is 0 Å². The molecule has 1 aromatic rings. The lowest BCUT2D eigenvalue weighted by molar-refractivity contribution is 0.0956. The van der Waals surface area contributed by atoms with E-state index in [0.29, 0.717) is 5.56 Å². The van der Waals surface area contributed by atoms with Crippen LogP contribution < -0.4 is 10.6 Å². The second-order valence-corrected chi connectivity index (χ2v) is 4.74. The van der Waals surface area contributed by atoms with Crippen LogP contribution in [0.1, 0.15) is 23.7 Å². The van der Waals surface area contributed by atoms with E-state index < -0.39 is 0 Å². The summed E-state index contributed by atoms with van der Waals surface area (Å²) in [4.78, 5) is 11.7. The van der Waals surface area contributed by atoms with Gasteiger partial charge in [0.05, 0.1) is 0 Å². The lowest BCUT2D eigenvalue weighted by Gasteiger charge is -2.07. The highest BCUT2D eigenvalue weighted by Crippen LogP contribution is 2.09. The molecule has 2 N–H and O–H groups in total. The Morgan fingerprint density at radius 3 is 2.53 bits per heavy atom. The normalized spacial score (nSPS) is 10.0. The van der Waals surface area contributed by atoms with Crippen LogP contribution in [-0.2, 0) is 0 Å². The minimum atomic E-state index is 0.00101. The minimum Gasteiger partial charge on any atom is -0.385 e. The van der Waals surface area contributed by atoms with Crippen molar-refractivity contribution in [3.8, 4) is 0 Å². The Labute approximate surface area is 107 Å². The van der Waals surface area contributed by atoms with E-state index in [9.17, 15) is 4.79 Å². The van der Waals surface area contributed by atoms with Crippen molar-refractivity contribution in [1.29, 1.82) is 0 Å². The van der Waals surface area contributed by atoms with E-state index in [1.807, 2.05) is 30.5 Å². The molecule has 17 heavy (non-hydrogen) atoms. The van der Waals surface area contributed by atoms with Gasteiger partial charge in [0.2, 0.25) is 0 Å². The van der Waals surface area contributed by atoms with Gasteiger partial charge in [0.15, 0.2) is 0 Å². The van der Waals surface area contributed by atoms with Crippen molar-refractivity contribution < 1.29 is 4.79 Å². The average Bonchev–Trinajstić information content (AvgIpc) is 2.37. The predicted molar refractivity (Wildman–Crippen MR) is 75.9 cm³/mol. The molecule has 3 nitrogen and oxygen atoms in total. The second kappa shape index (κ2) is 8.01. The second-order valence-electron chi connectivity index (χ2n) is 3.75. The quantitative estimate of drug-likeness (QED) is 0.733. The summed E-state index contributed by atoms with van der Waals surface area (Å²) >= 11 is 1.73. The number of carbonyl (C=O) groups is 1. The highest BCUT2D eigenvalue weighted by molar-refractivity contribution is 7.98. The standard InChI is InChI=1S/C13H20N2OS/c1-3-8-14-12-6-4-11(5-7-12)13(16)15-9-10-17-2/h4-7,14H,3,8-10H2,1-2H3,(H,15,16). The summed E-state index contributed by atoms with van der Waals surface area (Å²) in [5, 5.41) is 6.16. The molecule has 0 aliphatic carbocycles. The first kappa shape index (κ1) is 13.9. The van der Waals surface area contributed by atoms with Crippen LogP contribution in [0, 0.1) is 0 Å². The van der Waals surface area contributed by atoms with E-state index >= 15 is 0 Å². The first-order valence-corrected chi connectivity index (χ1v) is 7.28. The third-order valence-electron chi connectivity index (χ3n) is 2.32. The molecule has 0 aromatic heterocycles. The fraction of sp³-hybridized carbons (Fsp3) is 0.462. The third kappa shape index (κ3) is 5.13. The Kier molecular flexibility index (Phi) is 6.55. The van der Waals surface area contributed by atoms with Crippen molar-refractivity contribution >= 4 is 23.4 Å². The Bertz CT molecular complexity index is 338. The fourth-order valence-electron chi connectivity index (χ4n) is 1.38. The van der Waals surface area contributed by atoms with Gasteiger partial charge in [-0.25, -0.2) is 0 Å². The molecule has 0 radical (unpaired) electrons. The minimum absolute atomic E-state index is 0.00101. The SMILES string of the molecule is CCCNc1ccc(C(=O)NCCSC)cc1. The summed E-state index contributed by atoms with van der Waals surface area (Å²) in [6.45, 7) is 3.80. The zero-order chi connectivity index (χ0) is 12.5. The van der Waals surface area contributed by atoms with Gasteiger partial charge in [-0.15, -0.1) is 0 Å². The largest absolute Gasteiger partial charge is 0.385 e. The maximum absolute atomic E-state index is 11.7. The van der Waals surface area contributed by atoms with Crippen LogP contribution >= 0.6 is 11.8 Å². The van der Waals surface area contributed by atoms with Gasteiger partial charge in [-0.05, 0) is 36.9 Å². The number of benzene rings is 1. The van der Waals surface area contributed by atoms with E-state index in [2.05, 4.69) is 17.6 Å². The maximum atomic E-state index is 11.7. The van der Waals surface area contributed by atoms with Crippen molar-refractivity contribution in [3.05, 3.63) is 29.8 Å². The van der Waals surface area contributed by atoms with Crippen LogP contribution in [0.2, 0.25) is 0 Å². The number of anilines is 1. The molecule has 0 bridgehead atoms. The maximum Gasteiger partial charge on any atom is 0.251 e. The van der Waals surface area contributed by atoms with Crippen LogP contribution in [0.5, 0.6) is 0 Å². The highest BCUT2D eigenvalue weighted by Gasteiger charge is 2.03. The van der Waals surface area contributed by atoms with Gasteiger partial charge < -0.3 is 10.6 Å². The van der Waals surface area contributed by atoms with Gasteiger partial charge in [0.1, 0.15) is 0 Å². The van der Waals surface area contributed by atoms with Crippen LogP contribution in [0.15, 0.2) is 24.3 Å². The molecule has 0 unspecified atom stereocenters. The van der Waals surface area contributed by atoms with Gasteiger partial charge in [-0.3, -0.25) is 4.79 Å². The first-order valence-electron chi connectivity index (χ1n) is 5.89. The van der Waals surface area contributed by atoms with Gasteiger partial charge in [0, 0.05) is 30.1 Å². The molecule has 0 spiro atoms. The summed E-state index contributed by atoms with van der Waals surface area (Å²) in [5.41, 5.74) is 1.78. The zero-order valence-corrected chi connectivity index (χ0v) is 11.3. The molecule has 0 saturated heterocycles. The zero-order valence-electron chi connectivity index (χ0n) is 10.5. The van der Waals surface area contributed by atoms with Crippen LogP contribution in [-0.4, -0.2) is 31.0 Å². The Hall–Kier alpha value is -1.16. The van der Waals surface area contributed by atoms with Gasteiger partial charge in [-0.1, -0.05) is 6.92 Å². The number of thioether (sulfide) groups is 1. The smallest absolute Gasteiger partial charge is 0.251 e. The third-order valence-corrected chi connectivity index (χ3v) is 2.93. The van der Waals surface area contributed by atoms with Crippen molar-refractivity contribution in [2.24, 2.45) is 0 Å². The lowest BCUT2D eigenvalue weighted by Crippen LogP contribution is -2.25. The Morgan fingerprint density at radius 1 is 1.24 bits per heavy atom. The summed E-state index contributed by atoms with van der Waals surface area (Å²) in [5.74, 6) is 0.947. The molecule has 0 saturated carbocycles. The molecule has 0 aliphatic heterocycles. The summed E-state index contributed by atoms with van der Waals surface area (Å²) in [6, 6.07) is 7.59. The number of amides is 1. The number of hydrogen-bond donors (Lipinski definition) is 2. The summed E-state index contributed by atoms with van der Waals surface area (Å²) in [7, 11) is 0. The number of hydrogen-bond acceptors (Lipinski definition) is 3. The summed E-state index contributed by atoms with van der Waals surface area (Å²) in [6.07, 6.45) is 3.12. The molecular formula is C13H20N2OS. The van der Waals surface area contributed by atoms with Crippen LogP contribution in [0.25, 0.3) is 0 Å². The molecule has 4 heteroatoms. The number of nitrogens with one attached hydrogen (secondary N) is 2. The molecule has 0 aliphatic rings. The van der Waals surface area contributed by atoms with Gasteiger partial charge >= 0.3 is 0 Å². The van der Waals surface area contributed by atoms with Crippen molar-refractivity contribution in [3.63, 3.8) is 0 Å². The topological polar surface area (TPSA) is 41.1 Å². The first-order chi connectivity index (χ1) is 8.27. The van der Waals surface area contributed by atoms with E-state index in [-0.39, 0.29) is 5.91 Å². The molecule has 1 amide bonds. The van der Waals surface area contributed by atoms with E-state index in [4.69, 9.17) is 0 Å². The van der Waals surface area contributed by atoms with Crippen molar-refractivity contribution in [1.82, 2.24) is 5.32 Å². The number of rotatable bonds is 7. The molecule has 0 atom stereocenters.